The molecule has 0 aliphatic carbocycles. The van der Waals surface area contributed by atoms with E-state index in [4.69, 9.17) is 10.8 Å². The topological polar surface area (TPSA) is 142 Å². The predicted molar refractivity (Wildman–Crippen MR) is 74.0 cm³/mol. The number of nitrogens with zero attached hydrogens (tertiary/aromatic N) is 3. The molecule has 5 N–H and O–H groups in total. The largest absolute Gasteiger partial charge is 0.465 e. The lowest BCUT2D eigenvalue weighted by Gasteiger charge is -2.40. The Bertz CT molecular complexity index is 568. The van der Waals surface area contributed by atoms with E-state index in [0.717, 1.165) is 4.90 Å². The van der Waals surface area contributed by atoms with Gasteiger partial charge < -0.3 is 21.1 Å². The van der Waals surface area contributed by atoms with Crippen LogP contribution in [0.15, 0.2) is 0 Å². The maximum Gasteiger partial charge on any atom is 0.407 e. The third-order valence-electron chi connectivity index (χ3n) is 3.32. The van der Waals surface area contributed by atoms with Crippen molar-refractivity contribution in [3.05, 3.63) is 15.0 Å². The van der Waals surface area contributed by atoms with Gasteiger partial charge in [-0.05, 0) is 22.6 Å². The van der Waals surface area contributed by atoms with Gasteiger partial charge in [-0.1, -0.05) is 0 Å². The SMILES string of the molecule is NC(=O)c1c(I)nn2c1CN(C(=O)O)CC2(CO)CO. The van der Waals surface area contributed by atoms with Gasteiger partial charge in [0, 0.05) is 0 Å². The van der Waals surface area contributed by atoms with Crippen molar-refractivity contribution in [3.8, 4) is 0 Å². The molecule has 9 nitrogen and oxygen atoms in total. The van der Waals surface area contributed by atoms with Gasteiger partial charge in [-0.3, -0.25) is 14.4 Å². The molecule has 2 heterocycles. The molecule has 110 valence electrons. The van der Waals surface area contributed by atoms with Crippen LogP contribution in [0.4, 0.5) is 4.79 Å². The van der Waals surface area contributed by atoms with Crippen LogP contribution in [0.1, 0.15) is 16.1 Å². The van der Waals surface area contributed by atoms with Gasteiger partial charge in [-0.25, -0.2) is 4.79 Å². The Labute approximate surface area is 127 Å². The Morgan fingerprint density at radius 3 is 2.45 bits per heavy atom. The number of aliphatic hydroxyl groups is 2. The number of hydrogen-bond donors (Lipinski definition) is 4. The zero-order valence-electron chi connectivity index (χ0n) is 10.3. The van der Waals surface area contributed by atoms with E-state index in [-0.39, 0.29) is 24.3 Å². The van der Waals surface area contributed by atoms with Gasteiger partial charge in [0.15, 0.2) is 0 Å². The second-order valence-electron chi connectivity index (χ2n) is 4.57. The molecule has 1 aliphatic rings. The summed E-state index contributed by atoms with van der Waals surface area (Å²) in [6.45, 7) is -1.24. The Balaban J connectivity index is 2.65. The highest BCUT2D eigenvalue weighted by atomic mass is 127. The minimum Gasteiger partial charge on any atom is -0.465 e. The summed E-state index contributed by atoms with van der Waals surface area (Å²) in [5.41, 5.74) is 4.37. The second kappa shape index (κ2) is 5.18. The normalized spacial score (nSPS) is 16.9. The summed E-state index contributed by atoms with van der Waals surface area (Å²) in [6, 6.07) is 0. The number of carbonyl (C=O) groups excluding carboxylic acids is 1. The molecular weight excluding hydrogens is 383 g/mol. The lowest BCUT2D eigenvalue weighted by Crippen LogP contribution is -2.56. The first-order valence-electron chi connectivity index (χ1n) is 5.63. The quantitative estimate of drug-likeness (QED) is 0.471. The van der Waals surface area contributed by atoms with E-state index in [2.05, 4.69) is 5.10 Å². The zero-order valence-corrected chi connectivity index (χ0v) is 12.4. The van der Waals surface area contributed by atoms with Crippen molar-refractivity contribution in [3.63, 3.8) is 0 Å². The van der Waals surface area contributed by atoms with Crippen LogP contribution in [0, 0.1) is 3.70 Å². The minimum atomic E-state index is -1.31. The van der Waals surface area contributed by atoms with Crippen LogP contribution in [-0.2, 0) is 12.1 Å². The summed E-state index contributed by atoms with van der Waals surface area (Å²) in [4.78, 5) is 23.7. The van der Waals surface area contributed by atoms with Crippen LogP contribution < -0.4 is 5.73 Å². The average molecular weight is 396 g/mol. The van der Waals surface area contributed by atoms with Crippen LogP contribution in [0.3, 0.4) is 0 Å². The van der Waals surface area contributed by atoms with Crippen molar-refractivity contribution >= 4 is 34.6 Å². The molecule has 1 aromatic heterocycles. The molecule has 0 spiro atoms. The molecule has 0 unspecified atom stereocenters. The average Bonchev–Trinajstić information content (AvgIpc) is 2.73. The summed E-state index contributed by atoms with van der Waals surface area (Å²) in [6.07, 6.45) is -1.21. The predicted octanol–water partition coefficient (Wildman–Crippen LogP) is -1.24. The molecule has 10 heteroatoms. The molecule has 0 bridgehead atoms. The number of primary amides is 1. The molecule has 0 radical (unpaired) electrons. The van der Waals surface area contributed by atoms with Crippen molar-refractivity contribution in [2.45, 2.75) is 12.1 Å². The smallest absolute Gasteiger partial charge is 0.407 e. The van der Waals surface area contributed by atoms with Crippen LogP contribution >= 0.6 is 22.6 Å². The highest BCUT2D eigenvalue weighted by Crippen LogP contribution is 2.30. The number of amides is 2. The van der Waals surface area contributed by atoms with Gasteiger partial charge in [0.2, 0.25) is 0 Å². The van der Waals surface area contributed by atoms with Gasteiger partial charge in [-0.2, -0.15) is 5.10 Å². The second-order valence-corrected chi connectivity index (χ2v) is 5.59. The first kappa shape index (κ1) is 15.0. The highest BCUT2D eigenvalue weighted by molar-refractivity contribution is 14.1. The van der Waals surface area contributed by atoms with Crippen LogP contribution in [0.25, 0.3) is 0 Å². The lowest BCUT2D eigenvalue weighted by atomic mass is 9.97. The summed E-state index contributed by atoms with van der Waals surface area (Å²) in [5.74, 6) is -0.729. The minimum absolute atomic E-state index is 0.0780. The molecule has 1 aromatic rings. The number of fused-ring (bicyclic) bond motifs is 1. The third kappa shape index (κ3) is 2.13. The van der Waals surface area contributed by atoms with Gasteiger partial charge in [0.25, 0.3) is 5.91 Å². The van der Waals surface area contributed by atoms with E-state index in [1.807, 2.05) is 22.6 Å². The molecule has 0 atom stereocenters. The summed E-state index contributed by atoms with van der Waals surface area (Å²) in [7, 11) is 0. The first-order chi connectivity index (χ1) is 9.36. The standard InChI is InChI=1S/C10H13IN4O5/c11-7-6(8(12)18)5-1-14(9(19)20)2-10(3-16,4-17)15(5)13-7/h16-17H,1-4H2,(H2,12,18)(H,19,20). The van der Waals surface area contributed by atoms with Crippen molar-refractivity contribution in [2.24, 2.45) is 5.73 Å². The Morgan fingerprint density at radius 2 is 2.00 bits per heavy atom. The van der Waals surface area contributed by atoms with Crippen molar-refractivity contribution < 1.29 is 24.9 Å². The molecular formula is C10H13IN4O5. The molecule has 20 heavy (non-hydrogen) atoms. The summed E-state index contributed by atoms with van der Waals surface area (Å²) in [5, 5.41) is 32.4. The van der Waals surface area contributed by atoms with Gasteiger partial charge in [-0.15, -0.1) is 0 Å². The zero-order chi connectivity index (χ0) is 15.1. The van der Waals surface area contributed by atoms with Gasteiger partial charge >= 0.3 is 6.09 Å². The van der Waals surface area contributed by atoms with E-state index in [9.17, 15) is 19.8 Å². The van der Waals surface area contributed by atoms with E-state index < -0.39 is 30.8 Å². The van der Waals surface area contributed by atoms with Gasteiger partial charge in [0.05, 0.1) is 37.6 Å². The van der Waals surface area contributed by atoms with Crippen LogP contribution in [-0.4, -0.2) is 61.8 Å². The molecule has 0 fully saturated rings. The Kier molecular flexibility index (Phi) is 3.88. The monoisotopic (exact) mass is 396 g/mol. The molecule has 2 amide bonds. The molecule has 0 saturated carbocycles. The summed E-state index contributed by atoms with van der Waals surface area (Å²) < 4.78 is 1.62. The Hall–Kier alpha value is -1.40. The van der Waals surface area contributed by atoms with E-state index in [1.54, 1.807) is 0 Å². The third-order valence-corrected chi connectivity index (χ3v) is 4.07. The highest BCUT2D eigenvalue weighted by Gasteiger charge is 2.43. The van der Waals surface area contributed by atoms with Crippen LogP contribution in [0.5, 0.6) is 0 Å². The number of nitrogens with two attached hydrogens (primary N) is 1. The number of rotatable bonds is 3. The number of halogens is 1. The fourth-order valence-electron chi connectivity index (χ4n) is 2.28. The molecule has 0 aromatic carbocycles. The van der Waals surface area contributed by atoms with Crippen LogP contribution in [0.2, 0.25) is 0 Å². The number of carbonyl (C=O) groups is 2. The van der Waals surface area contributed by atoms with Gasteiger partial charge in [0.1, 0.15) is 9.24 Å². The first-order valence-corrected chi connectivity index (χ1v) is 6.71. The maximum absolute atomic E-state index is 11.5. The molecule has 0 saturated heterocycles. The lowest BCUT2D eigenvalue weighted by molar-refractivity contribution is 0.00179. The van der Waals surface area contributed by atoms with Crippen molar-refractivity contribution in [2.75, 3.05) is 19.8 Å². The van der Waals surface area contributed by atoms with E-state index >= 15 is 0 Å². The van der Waals surface area contributed by atoms with Crippen molar-refractivity contribution in [1.82, 2.24) is 14.7 Å². The number of hydrogen-bond acceptors (Lipinski definition) is 5. The fraction of sp³-hybridized carbons (Fsp3) is 0.500. The van der Waals surface area contributed by atoms with E-state index in [0.29, 0.717) is 3.70 Å². The van der Waals surface area contributed by atoms with E-state index in [1.165, 1.54) is 4.68 Å². The summed E-state index contributed by atoms with van der Waals surface area (Å²) >= 11 is 1.81. The Morgan fingerprint density at radius 1 is 1.40 bits per heavy atom. The van der Waals surface area contributed by atoms with Crippen molar-refractivity contribution in [1.29, 1.82) is 0 Å². The number of carboxylic acid groups (broad SMARTS) is 1. The number of aliphatic hydroxyl groups excluding tert-OH is 2. The molecule has 1 aliphatic heterocycles. The molecule has 2 rings (SSSR count). The number of aromatic nitrogens is 2. The maximum atomic E-state index is 11.5. The fourth-order valence-corrected chi connectivity index (χ4v) is 3.08.